The Labute approximate surface area is 117 Å². The molecule has 1 rings (SSSR count). The van der Waals surface area contributed by atoms with Crippen molar-refractivity contribution in [1.29, 1.82) is 0 Å². The van der Waals surface area contributed by atoms with E-state index in [2.05, 4.69) is 63.1 Å². The molecule has 0 saturated heterocycles. The Bertz CT molecular complexity index is 364. The molecule has 1 aromatic heterocycles. The first kappa shape index (κ1) is 16.2. The van der Waals surface area contributed by atoms with E-state index in [0.29, 0.717) is 6.04 Å². The van der Waals surface area contributed by atoms with E-state index in [1.165, 1.54) is 12.8 Å². The average Bonchev–Trinajstić information content (AvgIpc) is 2.75. The highest BCUT2D eigenvalue weighted by Gasteiger charge is 2.14. The zero-order chi connectivity index (χ0) is 14.5. The molecule has 4 nitrogen and oxygen atoms in total. The normalized spacial score (nSPS) is 12.6. The van der Waals surface area contributed by atoms with Gasteiger partial charge in [-0.25, -0.2) is 0 Å². The first-order chi connectivity index (χ1) is 8.85. The highest BCUT2D eigenvalue weighted by molar-refractivity contribution is 5.05. The molecule has 0 aromatic carbocycles. The number of rotatable bonds is 7. The second kappa shape index (κ2) is 7.06. The van der Waals surface area contributed by atoms with Crippen LogP contribution in [0.4, 0.5) is 0 Å². The van der Waals surface area contributed by atoms with Crippen molar-refractivity contribution in [3.05, 3.63) is 17.5 Å². The van der Waals surface area contributed by atoms with Gasteiger partial charge in [-0.1, -0.05) is 19.0 Å². The van der Waals surface area contributed by atoms with Gasteiger partial charge >= 0.3 is 0 Å². The molecule has 110 valence electrons. The third kappa shape index (κ3) is 5.74. The minimum atomic E-state index is 0.103. The molecule has 0 radical (unpaired) electrons. The van der Waals surface area contributed by atoms with Crippen LogP contribution in [0.25, 0.3) is 0 Å². The fourth-order valence-electron chi connectivity index (χ4n) is 2.16. The summed E-state index contributed by atoms with van der Waals surface area (Å²) in [4.78, 5) is 2.33. The van der Waals surface area contributed by atoms with Crippen LogP contribution in [0.3, 0.4) is 0 Å². The van der Waals surface area contributed by atoms with Crippen molar-refractivity contribution in [1.82, 2.24) is 15.4 Å². The molecule has 1 heterocycles. The van der Waals surface area contributed by atoms with Crippen molar-refractivity contribution < 1.29 is 4.52 Å². The van der Waals surface area contributed by atoms with Gasteiger partial charge in [0.2, 0.25) is 0 Å². The molecular formula is C15H29N3O. The molecule has 0 aliphatic rings. The van der Waals surface area contributed by atoms with Crippen molar-refractivity contribution in [2.75, 3.05) is 7.05 Å². The lowest BCUT2D eigenvalue weighted by molar-refractivity contribution is 0.197. The molecule has 1 N–H and O–H groups in total. The molecule has 1 aromatic rings. The van der Waals surface area contributed by atoms with Gasteiger partial charge in [0.25, 0.3) is 0 Å². The van der Waals surface area contributed by atoms with Crippen LogP contribution in [0.5, 0.6) is 0 Å². The SMILES string of the molecule is CCC(CC)N(C)Cc1cc(CNC(C)(C)C)no1. The summed E-state index contributed by atoms with van der Waals surface area (Å²) >= 11 is 0. The van der Waals surface area contributed by atoms with Crippen LogP contribution in [-0.4, -0.2) is 28.7 Å². The van der Waals surface area contributed by atoms with Crippen molar-refractivity contribution >= 4 is 0 Å². The molecule has 0 atom stereocenters. The van der Waals surface area contributed by atoms with Gasteiger partial charge in [0.15, 0.2) is 5.76 Å². The van der Waals surface area contributed by atoms with Crippen LogP contribution in [-0.2, 0) is 13.1 Å². The molecule has 0 amide bonds. The molecule has 0 bridgehead atoms. The van der Waals surface area contributed by atoms with E-state index in [9.17, 15) is 0 Å². The first-order valence-electron chi connectivity index (χ1n) is 7.25. The molecule has 0 unspecified atom stereocenters. The van der Waals surface area contributed by atoms with Gasteiger partial charge in [0, 0.05) is 24.2 Å². The highest BCUT2D eigenvalue weighted by atomic mass is 16.5. The Kier molecular flexibility index (Phi) is 6.01. The van der Waals surface area contributed by atoms with Crippen LogP contribution in [0, 0.1) is 0 Å². The van der Waals surface area contributed by atoms with E-state index in [1.807, 2.05) is 0 Å². The molecule has 0 aliphatic carbocycles. The van der Waals surface area contributed by atoms with Gasteiger partial charge < -0.3 is 9.84 Å². The summed E-state index contributed by atoms with van der Waals surface area (Å²) in [5, 5.41) is 7.53. The maximum absolute atomic E-state index is 5.41. The predicted molar refractivity (Wildman–Crippen MR) is 78.9 cm³/mol. The molecule has 0 saturated carbocycles. The van der Waals surface area contributed by atoms with Gasteiger partial charge in [-0.2, -0.15) is 0 Å². The first-order valence-corrected chi connectivity index (χ1v) is 7.25. The summed E-state index contributed by atoms with van der Waals surface area (Å²) in [5.41, 5.74) is 1.08. The number of aromatic nitrogens is 1. The standard InChI is InChI=1S/C15H29N3O/c1-7-13(8-2)18(6)11-14-9-12(17-19-14)10-16-15(3,4)5/h9,13,16H,7-8,10-11H2,1-6H3. The molecule has 4 heteroatoms. The molecule has 19 heavy (non-hydrogen) atoms. The quantitative estimate of drug-likeness (QED) is 0.824. The summed E-state index contributed by atoms with van der Waals surface area (Å²) in [6, 6.07) is 2.67. The summed E-state index contributed by atoms with van der Waals surface area (Å²) < 4.78 is 5.41. The van der Waals surface area contributed by atoms with Gasteiger partial charge in [-0.15, -0.1) is 0 Å². The fourth-order valence-corrected chi connectivity index (χ4v) is 2.16. The fraction of sp³-hybridized carbons (Fsp3) is 0.800. The van der Waals surface area contributed by atoms with E-state index >= 15 is 0 Å². The second-order valence-electron chi connectivity index (χ2n) is 6.27. The zero-order valence-electron chi connectivity index (χ0n) is 13.3. The zero-order valence-corrected chi connectivity index (χ0v) is 13.3. The lowest BCUT2D eigenvalue weighted by Gasteiger charge is -2.24. The lowest BCUT2D eigenvalue weighted by Crippen LogP contribution is -2.35. The smallest absolute Gasteiger partial charge is 0.151 e. The van der Waals surface area contributed by atoms with Crippen molar-refractivity contribution in [3.8, 4) is 0 Å². The monoisotopic (exact) mass is 267 g/mol. The third-order valence-corrected chi connectivity index (χ3v) is 3.38. The maximum Gasteiger partial charge on any atom is 0.151 e. The Morgan fingerprint density at radius 2 is 1.95 bits per heavy atom. The minimum absolute atomic E-state index is 0.103. The topological polar surface area (TPSA) is 41.3 Å². The number of nitrogens with zero attached hydrogens (tertiary/aromatic N) is 2. The van der Waals surface area contributed by atoms with E-state index in [-0.39, 0.29) is 5.54 Å². The molecule has 0 spiro atoms. The summed E-state index contributed by atoms with van der Waals surface area (Å²) in [6.45, 7) is 12.5. The molecule has 0 aliphatic heterocycles. The Hall–Kier alpha value is -0.870. The van der Waals surface area contributed by atoms with E-state index < -0.39 is 0 Å². The Morgan fingerprint density at radius 1 is 1.32 bits per heavy atom. The van der Waals surface area contributed by atoms with Crippen LogP contribution in [0.15, 0.2) is 10.6 Å². The number of nitrogens with one attached hydrogen (secondary N) is 1. The summed E-state index contributed by atoms with van der Waals surface area (Å²) in [6.07, 6.45) is 2.33. The van der Waals surface area contributed by atoms with Gasteiger partial charge in [-0.3, -0.25) is 4.90 Å². The van der Waals surface area contributed by atoms with Gasteiger partial charge in [-0.05, 0) is 40.7 Å². The van der Waals surface area contributed by atoms with Crippen molar-refractivity contribution in [2.45, 2.75) is 72.1 Å². The molecular weight excluding hydrogens is 238 g/mol. The number of hydrogen-bond donors (Lipinski definition) is 1. The highest BCUT2D eigenvalue weighted by Crippen LogP contribution is 2.13. The Morgan fingerprint density at radius 3 is 2.47 bits per heavy atom. The predicted octanol–water partition coefficient (Wildman–Crippen LogP) is 3.18. The van der Waals surface area contributed by atoms with Gasteiger partial charge in [0.05, 0.1) is 12.2 Å². The number of hydrogen-bond acceptors (Lipinski definition) is 4. The lowest BCUT2D eigenvalue weighted by atomic mass is 10.1. The third-order valence-electron chi connectivity index (χ3n) is 3.38. The minimum Gasteiger partial charge on any atom is -0.360 e. The largest absolute Gasteiger partial charge is 0.360 e. The summed E-state index contributed by atoms with van der Waals surface area (Å²) in [5.74, 6) is 0.945. The van der Waals surface area contributed by atoms with Crippen molar-refractivity contribution in [2.24, 2.45) is 0 Å². The van der Waals surface area contributed by atoms with Gasteiger partial charge in [0.1, 0.15) is 0 Å². The van der Waals surface area contributed by atoms with Crippen LogP contribution in [0.2, 0.25) is 0 Å². The second-order valence-corrected chi connectivity index (χ2v) is 6.27. The van der Waals surface area contributed by atoms with Crippen LogP contribution in [0.1, 0.15) is 58.9 Å². The van der Waals surface area contributed by atoms with E-state index in [4.69, 9.17) is 4.52 Å². The van der Waals surface area contributed by atoms with Crippen LogP contribution >= 0.6 is 0 Å². The van der Waals surface area contributed by atoms with E-state index in [1.54, 1.807) is 0 Å². The van der Waals surface area contributed by atoms with Crippen LogP contribution < -0.4 is 5.32 Å². The molecule has 0 fully saturated rings. The Balaban J connectivity index is 2.50. The average molecular weight is 267 g/mol. The maximum atomic E-state index is 5.41. The summed E-state index contributed by atoms with van der Waals surface area (Å²) in [7, 11) is 2.15. The van der Waals surface area contributed by atoms with Crippen molar-refractivity contribution in [3.63, 3.8) is 0 Å². The van der Waals surface area contributed by atoms with E-state index in [0.717, 1.165) is 24.5 Å².